The first kappa shape index (κ1) is 14.1. The molecular weight excluding hydrogens is 302 g/mol. The fourth-order valence-electron chi connectivity index (χ4n) is 2.87. The Labute approximate surface area is 138 Å². The monoisotopic (exact) mass is 315 g/mol. The number of nitro benzene ring substituents is 1. The summed E-state index contributed by atoms with van der Waals surface area (Å²) >= 11 is 0. The molecule has 2 aromatic carbocycles. The SMILES string of the molecule is O=[N+]([O-])c1ccc(-n2c(-c3ccccc3)cc3ccncc32)cc1. The summed E-state index contributed by atoms with van der Waals surface area (Å²) in [4.78, 5) is 14.7. The molecule has 0 bridgehead atoms. The Morgan fingerprint density at radius 3 is 2.42 bits per heavy atom. The van der Waals surface area contributed by atoms with Crippen LogP contribution in [0.1, 0.15) is 0 Å². The van der Waals surface area contributed by atoms with Gasteiger partial charge in [-0.3, -0.25) is 15.1 Å². The molecule has 0 aliphatic rings. The number of hydrogen-bond donors (Lipinski definition) is 0. The summed E-state index contributed by atoms with van der Waals surface area (Å²) in [5.41, 5.74) is 4.00. The van der Waals surface area contributed by atoms with Crippen LogP contribution in [0.25, 0.3) is 27.8 Å². The van der Waals surface area contributed by atoms with Crippen LogP contribution in [0.3, 0.4) is 0 Å². The van der Waals surface area contributed by atoms with E-state index in [0.717, 1.165) is 27.8 Å². The topological polar surface area (TPSA) is 61.0 Å². The van der Waals surface area contributed by atoms with E-state index >= 15 is 0 Å². The predicted octanol–water partition coefficient (Wildman–Crippen LogP) is 4.60. The zero-order valence-corrected chi connectivity index (χ0v) is 12.7. The van der Waals surface area contributed by atoms with Crippen molar-refractivity contribution in [3.05, 3.63) is 89.2 Å². The molecule has 4 aromatic rings. The van der Waals surface area contributed by atoms with Crippen LogP contribution in [-0.2, 0) is 0 Å². The summed E-state index contributed by atoms with van der Waals surface area (Å²) in [6.45, 7) is 0. The minimum absolute atomic E-state index is 0.0783. The maximum atomic E-state index is 10.9. The number of nitrogens with zero attached hydrogens (tertiary/aromatic N) is 3. The van der Waals surface area contributed by atoms with Crippen molar-refractivity contribution in [1.29, 1.82) is 0 Å². The highest BCUT2D eigenvalue weighted by atomic mass is 16.6. The average Bonchev–Trinajstić information content (AvgIpc) is 3.02. The zero-order chi connectivity index (χ0) is 16.5. The number of benzene rings is 2. The van der Waals surface area contributed by atoms with E-state index in [4.69, 9.17) is 0 Å². The van der Waals surface area contributed by atoms with E-state index in [0.29, 0.717) is 0 Å². The van der Waals surface area contributed by atoms with Gasteiger partial charge in [-0.15, -0.1) is 0 Å². The van der Waals surface area contributed by atoms with E-state index < -0.39 is 4.92 Å². The minimum Gasteiger partial charge on any atom is -0.308 e. The van der Waals surface area contributed by atoms with Crippen LogP contribution in [-0.4, -0.2) is 14.5 Å². The Kier molecular flexibility index (Phi) is 3.31. The second kappa shape index (κ2) is 5.62. The first-order chi connectivity index (χ1) is 11.7. The Bertz CT molecular complexity index is 1020. The van der Waals surface area contributed by atoms with Gasteiger partial charge in [-0.1, -0.05) is 30.3 Å². The third-order valence-corrected chi connectivity index (χ3v) is 4.00. The molecule has 0 fully saturated rings. The lowest BCUT2D eigenvalue weighted by Gasteiger charge is -2.11. The smallest absolute Gasteiger partial charge is 0.269 e. The minimum atomic E-state index is -0.392. The van der Waals surface area contributed by atoms with E-state index in [9.17, 15) is 10.1 Å². The van der Waals surface area contributed by atoms with Crippen LogP contribution >= 0.6 is 0 Å². The second-order valence-corrected chi connectivity index (χ2v) is 5.44. The molecule has 5 nitrogen and oxygen atoms in total. The summed E-state index contributed by atoms with van der Waals surface area (Å²) in [6, 6.07) is 20.7. The number of non-ortho nitro benzene ring substituents is 1. The number of hydrogen-bond acceptors (Lipinski definition) is 3. The van der Waals surface area contributed by atoms with Gasteiger partial charge in [0.25, 0.3) is 5.69 Å². The summed E-state index contributed by atoms with van der Waals surface area (Å²) in [5, 5.41) is 12.0. The first-order valence-electron chi connectivity index (χ1n) is 7.50. The molecule has 2 heterocycles. The lowest BCUT2D eigenvalue weighted by atomic mass is 10.1. The third kappa shape index (κ3) is 2.32. The molecule has 0 atom stereocenters. The summed E-state index contributed by atoms with van der Waals surface area (Å²) < 4.78 is 2.07. The van der Waals surface area contributed by atoms with Gasteiger partial charge in [-0.2, -0.15) is 0 Å². The highest BCUT2D eigenvalue weighted by molar-refractivity contribution is 5.88. The Balaban J connectivity index is 1.97. The maximum absolute atomic E-state index is 10.9. The highest BCUT2D eigenvalue weighted by Gasteiger charge is 2.13. The zero-order valence-electron chi connectivity index (χ0n) is 12.7. The number of fused-ring (bicyclic) bond motifs is 1. The average molecular weight is 315 g/mol. The summed E-state index contributed by atoms with van der Waals surface area (Å²) in [7, 11) is 0. The van der Waals surface area contributed by atoms with Crippen LogP contribution < -0.4 is 0 Å². The molecule has 4 rings (SSSR count). The van der Waals surface area contributed by atoms with E-state index in [-0.39, 0.29) is 5.69 Å². The fraction of sp³-hybridized carbons (Fsp3) is 0. The number of nitro groups is 1. The van der Waals surface area contributed by atoms with Crippen LogP contribution in [0.5, 0.6) is 0 Å². The molecule has 0 spiro atoms. The second-order valence-electron chi connectivity index (χ2n) is 5.44. The first-order valence-corrected chi connectivity index (χ1v) is 7.50. The van der Waals surface area contributed by atoms with Gasteiger partial charge in [-0.05, 0) is 29.8 Å². The molecule has 24 heavy (non-hydrogen) atoms. The molecule has 0 aliphatic heterocycles. The fourth-order valence-corrected chi connectivity index (χ4v) is 2.87. The number of rotatable bonds is 3. The predicted molar refractivity (Wildman–Crippen MR) is 93.2 cm³/mol. The van der Waals surface area contributed by atoms with Crippen molar-refractivity contribution in [3.63, 3.8) is 0 Å². The molecule has 0 unspecified atom stereocenters. The van der Waals surface area contributed by atoms with Crippen molar-refractivity contribution >= 4 is 16.6 Å². The van der Waals surface area contributed by atoms with Crippen LogP contribution in [0.2, 0.25) is 0 Å². The molecule has 5 heteroatoms. The lowest BCUT2D eigenvalue weighted by Crippen LogP contribution is -1.97. The molecule has 2 aromatic heterocycles. The van der Waals surface area contributed by atoms with Gasteiger partial charge < -0.3 is 4.57 Å². The van der Waals surface area contributed by atoms with Crippen molar-refractivity contribution in [1.82, 2.24) is 9.55 Å². The van der Waals surface area contributed by atoms with Crippen molar-refractivity contribution < 1.29 is 4.92 Å². The Hall–Kier alpha value is -3.47. The quantitative estimate of drug-likeness (QED) is 0.410. The molecule has 0 saturated carbocycles. The van der Waals surface area contributed by atoms with Gasteiger partial charge in [0.05, 0.1) is 22.3 Å². The van der Waals surface area contributed by atoms with Gasteiger partial charge in [0.15, 0.2) is 0 Å². The van der Waals surface area contributed by atoms with Crippen molar-refractivity contribution in [2.75, 3.05) is 0 Å². The van der Waals surface area contributed by atoms with Crippen molar-refractivity contribution in [2.24, 2.45) is 0 Å². The van der Waals surface area contributed by atoms with Gasteiger partial charge in [0, 0.05) is 29.4 Å². The lowest BCUT2D eigenvalue weighted by molar-refractivity contribution is -0.384. The molecule has 0 aliphatic carbocycles. The normalized spacial score (nSPS) is 10.8. The number of pyridine rings is 1. The Morgan fingerprint density at radius 2 is 1.71 bits per heavy atom. The largest absolute Gasteiger partial charge is 0.308 e. The van der Waals surface area contributed by atoms with Gasteiger partial charge in [-0.25, -0.2) is 0 Å². The third-order valence-electron chi connectivity index (χ3n) is 4.00. The van der Waals surface area contributed by atoms with E-state index in [1.807, 2.05) is 42.6 Å². The van der Waals surface area contributed by atoms with Crippen LogP contribution in [0, 0.1) is 10.1 Å². The highest BCUT2D eigenvalue weighted by Crippen LogP contribution is 2.31. The van der Waals surface area contributed by atoms with E-state index in [2.05, 4.69) is 15.6 Å². The van der Waals surface area contributed by atoms with Crippen molar-refractivity contribution in [3.8, 4) is 16.9 Å². The van der Waals surface area contributed by atoms with Gasteiger partial charge >= 0.3 is 0 Å². The Morgan fingerprint density at radius 1 is 0.958 bits per heavy atom. The molecule has 116 valence electrons. The standard InChI is InChI=1S/C19H13N3O2/c23-22(24)17-8-6-16(7-9-17)21-18(14-4-2-1-3-5-14)12-15-10-11-20-13-19(15)21/h1-13H. The molecule has 0 N–H and O–H groups in total. The molecule has 0 radical (unpaired) electrons. The van der Waals surface area contributed by atoms with Gasteiger partial charge in [0.1, 0.15) is 0 Å². The van der Waals surface area contributed by atoms with E-state index in [1.165, 1.54) is 12.1 Å². The summed E-state index contributed by atoms with van der Waals surface area (Å²) in [6.07, 6.45) is 3.57. The van der Waals surface area contributed by atoms with Crippen LogP contribution in [0.15, 0.2) is 79.1 Å². The van der Waals surface area contributed by atoms with E-state index in [1.54, 1.807) is 18.3 Å². The van der Waals surface area contributed by atoms with Crippen LogP contribution in [0.4, 0.5) is 5.69 Å². The molecule has 0 amide bonds. The maximum Gasteiger partial charge on any atom is 0.269 e. The van der Waals surface area contributed by atoms with Crippen molar-refractivity contribution in [2.45, 2.75) is 0 Å². The molecular formula is C19H13N3O2. The van der Waals surface area contributed by atoms with Gasteiger partial charge in [0.2, 0.25) is 0 Å². The summed E-state index contributed by atoms with van der Waals surface area (Å²) in [5.74, 6) is 0. The number of aromatic nitrogens is 2. The molecule has 0 saturated heterocycles.